The molecule has 2 rings (SSSR count). The van der Waals surface area contributed by atoms with Gasteiger partial charge in [0.2, 0.25) is 0 Å². The molecule has 0 fully saturated rings. The average Bonchev–Trinajstić information content (AvgIpc) is 2.87. The molecule has 0 atom stereocenters. The van der Waals surface area contributed by atoms with Gasteiger partial charge in [-0.3, -0.25) is 4.57 Å². The Morgan fingerprint density at radius 3 is 2.57 bits per heavy atom. The van der Waals surface area contributed by atoms with Crippen LogP contribution in [0.5, 0.6) is 5.75 Å². The zero-order chi connectivity index (χ0) is 15.3. The van der Waals surface area contributed by atoms with Crippen LogP contribution in [-0.4, -0.2) is 36.9 Å². The van der Waals surface area contributed by atoms with Crippen LogP contribution in [0.15, 0.2) is 35.5 Å². The van der Waals surface area contributed by atoms with E-state index < -0.39 is 9.05 Å². The highest BCUT2D eigenvalue weighted by Crippen LogP contribution is 2.16. The van der Waals surface area contributed by atoms with Crippen molar-refractivity contribution >= 4 is 19.7 Å². The summed E-state index contributed by atoms with van der Waals surface area (Å²) in [6.45, 7) is 0.640. The van der Waals surface area contributed by atoms with Crippen molar-refractivity contribution in [2.75, 3.05) is 13.7 Å². The lowest BCUT2D eigenvalue weighted by Gasteiger charge is -2.09. The molecule has 0 bridgehead atoms. The molecule has 0 amide bonds. The molecule has 1 aromatic heterocycles. The number of nitrogens with zero attached hydrogens (tertiary/aromatic N) is 3. The first-order chi connectivity index (χ1) is 10.0. The number of ether oxygens (including phenoxy) is 2. The molecule has 0 spiro atoms. The van der Waals surface area contributed by atoms with Gasteiger partial charge in [0.25, 0.3) is 14.2 Å². The largest absolute Gasteiger partial charge is 0.486 e. The van der Waals surface area contributed by atoms with Gasteiger partial charge < -0.3 is 9.47 Å². The van der Waals surface area contributed by atoms with Gasteiger partial charge in [-0.1, -0.05) is 18.2 Å². The second-order valence-corrected chi connectivity index (χ2v) is 6.54. The first-order valence-electron chi connectivity index (χ1n) is 6.06. The van der Waals surface area contributed by atoms with Gasteiger partial charge in [0.1, 0.15) is 12.4 Å². The Kier molecular flexibility index (Phi) is 5.16. The number of benzene rings is 1. The molecule has 114 valence electrons. The van der Waals surface area contributed by atoms with Crippen LogP contribution in [0.4, 0.5) is 0 Å². The van der Waals surface area contributed by atoms with Gasteiger partial charge >= 0.3 is 0 Å². The molecule has 1 aromatic carbocycles. The van der Waals surface area contributed by atoms with E-state index >= 15 is 0 Å². The topological polar surface area (TPSA) is 83.3 Å². The number of halogens is 1. The molecule has 0 aliphatic heterocycles. The summed E-state index contributed by atoms with van der Waals surface area (Å²) in [6, 6.07) is 9.11. The second kappa shape index (κ2) is 6.88. The van der Waals surface area contributed by atoms with E-state index in [4.69, 9.17) is 20.2 Å². The minimum absolute atomic E-state index is 0.0765. The molecular weight excluding hydrogens is 318 g/mol. The molecular formula is C12H14ClN3O4S. The molecule has 1 heterocycles. The molecule has 2 aromatic rings. The molecule has 0 N–H and O–H groups in total. The summed E-state index contributed by atoms with van der Waals surface area (Å²) in [5, 5.41) is 7.12. The Bertz CT molecular complexity index is 688. The van der Waals surface area contributed by atoms with Crippen molar-refractivity contribution in [3.63, 3.8) is 0 Å². The third-order valence-electron chi connectivity index (χ3n) is 2.64. The maximum atomic E-state index is 11.5. The van der Waals surface area contributed by atoms with E-state index in [1.165, 1.54) is 11.7 Å². The summed E-state index contributed by atoms with van der Waals surface area (Å²) >= 11 is 0. The fourth-order valence-electron chi connectivity index (χ4n) is 1.68. The van der Waals surface area contributed by atoms with Gasteiger partial charge in [-0.2, -0.15) is 0 Å². The Labute approximate surface area is 126 Å². The van der Waals surface area contributed by atoms with E-state index in [9.17, 15) is 8.42 Å². The lowest BCUT2D eigenvalue weighted by Crippen LogP contribution is -2.14. The summed E-state index contributed by atoms with van der Waals surface area (Å²) in [6.07, 6.45) is 0. The highest BCUT2D eigenvalue weighted by molar-refractivity contribution is 8.13. The Morgan fingerprint density at radius 1 is 1.24 bits per heavy atom. The number of rotatable bonds is 7. The zero-order valence-corrected chi connectivity index (χ0v) is 12.8. The van der Waals surface area contributed by atoms with Crippen LogP contribution in [0.3, 0.4) is 0 Å². The van der Waals surface area contributed by atoms with Gasteiger partial charge in [0.15, 0.2) is 5.82 Å². The molecule has 0 saturated heterocycles. The number of aromatic nitrogens is 3. The smallest absolute Gasteiger partial charge is 0.296 e. The first kappa shape index (κ1) is 15.7. The molecule has 9 heteroatoms. The molecule has 7 nitrogen and oxygen atoms in total. The van der Waals surface area contributed by atoms with Gasteiger partial charge in [-0.25, -0.2) is 8.42 Å². The van der Waals surface area contributed by atoms with Crippen molar-refractivity contribution in [1.82, 2.24) is 14.8 Å². The van der Waals surface area contributed by atoms with Crippen LogP contribution in [-0.2, 0) is 26.9 Å². The first-order valence-corrected chi connectivity index (χ1v) is 8.37. The van der Waals surface area contributed by atoms with Gasteiger partial charge in [0.05, 0.1) is 13.2 Å². The standard InChI is InChI=1S/C12H14ClN3O4S/c1-19-8-7-16-11(14-15-12(16)21(13,17)18)9-20-10-5-3-2-4-6-10/h2-6H,7-9H2,1H3. The van der Waals surface area contributed by atoms with E-state index in [0.29, 0.717) is 18.2 Å². The summed E-state index contributed by atoms with van der Waals surface area (Å²) in [5.41, 5.74) is 0. The molecule has 0 unspecified atom stereocenters. The predicted molar refractivity (Wildman–Crippen MR) is 75.7 cm³/mol. The Morgan fingerprint density at radius 2 is 1.95 bits per heavy atom. The lowest BCUT2D eigenvalue weighted by atomic mass is 10.3. The minimum atomic E-state index is -3.98. The van der Waals surface area contributed by atoms with Crippen molar-refractivity contribution in [3.8, 4) is 5.75 Å². The lowest BCUT2D eigenvalue weighted by molar-refractivity contribution is 0.180. The number of para-hydroxylation sites is 1. The maximum absolute atomic E-state index is 11.5. The second-order valence-electron chi connectivity index (χ2n) is 4.08. The van der Waals surface area contributed by atoms with E-state index in [1.807, 2.05) is 18.2 Å². The van der Waals surface area contributed by atoms with E-state index in [2.05, 4.69) is 10.2 Å². The normalized spacial score (nSPS) is 11.5. The van der Waals surface area contributed by atoms with Crippen LogP contribution in [0, 0.1) is 0 Å². The Balaban J connectivity index is 2.20. The van der Waals surface area contributed by atoms with Crippen molar-refractivity contribution in [1.29, 1.82) is 0 Å². The summed E-state index contributed by atoms with van der Waals surface area (Å²) in [5.74, 6) is 1.00. The third kappa shape index (κ3) is 4.16. The molecule has 0 radical (unpaired) electrons. The third-order valence-corrected chi connectivity index (χ3v) is 3.79. The molecule has 21 heavy (non-hydrogen) atoms. The molecule has 0 aliphatic rings. The number of methoxy groups -OCH3 is 1. The SMILES string of the molecule is COCCn1c(COc2ccccc2)nnc1S(=O)(=O)Cl. The van der Waals surface area contributed by atoms with E-state index in [0.717, 1.165) is 0 Å². The van der Waals surface area contributed by atoms with Crippen LogP contribution >= 0.6 is 10.7 Å². The summed E-state index contributed by atoms with van der Waals surface area (Å²) < 4.78 is 34.8. The van der Waals surface area contributed by atoms with Crippen molar-refractivity contribution in [2.45, 2.75) is 18.3 Å². The van der Waals surface area contributed by atoms with E-state index in [1.54, 1.807) is 12.1 Å². The van der Waals surface area contributed by atoms with E-state index in [-0.39, 0.29) is 18.3 Å². The van der Waals surface area contributed by atoms with Gasteiger partial charge in [-0.05, 0) is 12.1 Å². The highest BCUT2D eigenvalue weighted by atomic mass is 35.7. The van der Waals surface area contributed by atoms with Crippen molar-refractivity contribution in [3.05, 3.63) is 36.2 Å². The van der Waals surface area contributed by atoms with Crippen molar-refractivity contribution in [2.24, 2.45) is 0 Å². The van der Waals surface area contributed by atoms with Gasteiger partial charge in [-0.15, -0.1) is 10.2 Å². The quantitative estimate of drug-likeness (QED) is 0.714. The summed E-state index contributed by atoms with van der Waals surface area (Å²) in [7, 11) is 2.88. The fourth-order valence-corrected chi connectivity index (χ4v) is 2.62. The van der Waals surface area contributed by atoms with Gasteiger partial charge in [0, 0.05) is 17.8 Å². The van der Waals surface area contributed by atoms with Crippen LogP contribution < -0.4 is 4.74 Å². The maximum Gasteiger partial charge on any atom is 0.296 e. The molecule has 0 saturated carbocycles. The van der Waals surface area contributed by atoms with Crippen LogP contribution in [0.2, 0.25) is 0 Å². The zero-order valence-electron chi connectivity index (χ0n) is 11.3. The van der Waals surface area contributed by atoms with Crippen LogP contribution in [0.1, 0.15) is 5.82 Å². The average molecular weight is 332 g/mol. The number of hydrogen-bond acceptors (Lipinski definition) is 6. The Hall–Kier alpha value is -1.64. The predicted octanol–water partition coefficient (Wildman–Crippen LogP) is 1.43. The molecule has 0 aliphatic carbocycles. The number of hydrogen-bond donors (Lipinski definition) is 0. The van der Waals surface area contributed by atoms with Crippen molar-refractivity contribution < 1.29 is 17.9 Å². The minimum Gasteiger partial charge on any atom is -0.486 e. The summed E-state index contributed by atoms with van der Waals surface area (Å²) in [4.78, 5) is 0. The monoisotopic (exact) mass is 331 g/mol. The highest BCUT2D eigenvalue weighted by Gasteiger charge is 2.22. The van der Waals surface area contributed by atoms with Crippen LogP contribution in [0.25, 0.3) is 0 Å². The fraction of sp³-hybridized carbons (Fsp3) is 0.333.